The minimum absolute atomic E-state index is 0.106. The van der Waals surface area contributed by atoms with Crippen molar-refractivity contribution in [1.29, 1.82) is 0 Å². The fraction of sp³-hybridized carbons (Fsp3) is 0.222. The molecule has 0 radical (unpaired) electrons. The van der Waals surface area contributed by atoms with Gasteiger partial charge in [-0.05, 0) is 55.3 Å². The second-order valence-corrected chi connectivity index (χ2v) is 7.30. The predicted molar refractivity (Wildman–Crippen MR) is 100 cm³/mol. The van der Waals surface area contributed by atoms with Gasteiger partial charge in [0.1, 0.15) is 5.82 Å². The number of carbonyl (C=O) groups excluding carboxylic acids is 2. The summed E-state index contributed by atoms with van der Waals surface area (Å²) in [6, 6.07) is 9.87. The second kappa shape index (κ2) is 9.01. The zero-order valence-corrected chi connectivity index (χ0v) is 16.2. The molecule has 1 amide bonds. The number of nitrogens with one attached hydrogen (secondary N) is 1. The van der Waals surface area contributed by atoms with Crippen molar-refractivity contribution in [3.8, 4) is 0 Å². The average Bonchev–Trinajstić information content (AvgIpc) is 2.55. The lowest BCUT2D eigenvalue weighted by molar-refractivity contribution is -0.144. The van der Waals surface area contributed by atoms with E-state index in [1.165, 1.54) is 23.9 Å². The molecular weight excluding hydrogens is 409 g/mol. The first-order valence-corrected chi connectivity index (χ1v) is 9.23. The highest BCUT2D eigenvalue weighted by Gasteiger charge is 2.11. The number of esters is 1. The molecule has 0 aliphatic carbocycles. The van der Waals surface area contributed by atoms with Crippen LogP contribution in [-0.2, 0) is 14.3 Å². The highest BCUT2D eigenvalue weighted by molar-refractivity contribution is 9.10. The Morgan fingerprint density at radius 3 is 2.64 bits per heavy atom. The Labute approximate surface area is 158 Å². The van der Waals surface area contributed by atoms with Crippen LogP contribution in [-0.4, -0.2) is 24.2 Å². The van der Waals surface area contributed by atoms with Gasteiger partial charge < -0.3 is 10.1 Å². The van der Waals surface area contributed by atoms with Crippen LogP contribution in [0.4, 0.5) is 10.1 Å². The second-order valence-electron chi connectivity index (χ2n) is 5.37. The van der Waals surface area contributed by atoms with Gasteiger partial charge in [-0.15, -0.1) is 11.8 Å². The van der Waals surface area contributed by atoms with Crippen molar-refractivity contribution >= 4 is 45.3 Å². The van der Waals surface area contributed by atoms with Crippen LogP contribution in [0, 0.1) is 19.7 Å². The summed E-state index contributed by atoms with van der Waals surface area (Å²) >= 11 is 4.73. The zero-order chi connectivity index (χ0) is 18.4. The summed E-state index contributed by atoms with van der Waals surface area (Å²) in [4.78, 5) is 24.6. The summed E-state index contributed by atoms with van der Waals surface area (Å²) in [5.74, 6) is -1.33. The smallest absolute Gasteiger partial charge is 0.316 e. The van der Waals surface area contributed by atoms with E-state index in [1.54, 1.807) is 13.0 Å². The molecule has 132 valence electrons. The summed E-state index contributed by atoms with van der Waals surface area (Å²) in [7, 11) is 0. The number of aryl methyl sites for hydroxylation is 2. The highest BCUT2D eigenvalue weighted by atomic mass is 79.9. The average molecular weight is 426 g/mol. The molecule has 0 fully saturated rings. The minimum Gasteiger partial charge on any atom is -0.455 e. The van der Waals surface area contributed by atoms with Gasteiger partial charge in [-0.2, -0.15) is 0 Å². The molecule has 0 aromatic heterocycles. The molecule has 1 N–H and O–H groups in total. The topological polar surface area (TPSA) is 55.4 Å². The van der Waals surface area contributed by atoms with Gasteiger partial charge in [0.25, 0.3) is 5.91 Å². The predicted octanol–water partition coefficient (Wildman–Crippen LogP) is 4.48. The molecule has 0 unspecified atom stereocenters. The zero-order valence-electron chi connectivity index (χ0n) is 13.8. The van der Waals surface area contributed by atoms with Crippen molar-refractivity contribution in [1.82, 2.24) is 0 Å². The molecule has 0 atom stereocenters. The van der Waals surface area contributed by atoms with E-state index < -0.39 is 24.3 Å². The van der Waals surface area contributed by atoms with E-state index in [1.807, 2.05) is 25.1 Å². The normalized spacial score (nSPS) is 10.4. The molecule has 0 aliphatic rings. The lowest BCUT2D eigenvalue weighted by Gasteiger charge is -2.09. The molecule has 0 heterocycles. The number of ether oxygens (including phenoxy) is 1. The minimum atomic E-state index is -0.508. The number of hydrogen-bond acceptors (Lipinski definition) is 4. The van der Waals surface area contributed by atoms with Crippen molar-refractivity contribution in [3.63, 3.8) is 0 Å². The van der Waals surface area contributed by atoms with Gasteiger partial charge >= 0.3 is 5.97 Å². The maximum absolute atomic E-state index is 13.2. The van der Waals surface area contributed by atoms with Crippen LogP contribution in [0.15, 0.2) is 45.8 Å². The van der Waals surface area contributed by atoms with Gasteiger partial charge in [-0.25, -0.2) is 4.39 Å². The highest BCUT2D eigenvalue weighted by Crippen LogP contribution is 2.25. The van der Waals surface area contributed by atoms with Crippen molar-refractivity contribution < 1.29 is 18.7 Å². The fourth-order valence-corrected chi connectivity index (χ4v) is 3.30. The Morgan fingerprint density at radius 1 is 1.16 bits per heavy atom. The Kier molecular flexibility index (Phi) is 7.01. The van der Waals surface area contributed by atoms with Crippen molar-refractivity contribution in [2.24, 2.45) is 0 Å². The SMILES string of the molecule is Cc1ccc(F)cc1NC(=O)COC(=O)CSc1ccc(Br)cc1C. The number of hydrogen-bond donors (Lipinski definition) is 1. The van der Waals surface area contributed by atoms with E-state index in [9.17, 15) is 14.0 Å². The van der Waals surface area contributed by atoms with Crippen molar-refractivity contribution in [3.05, 3.63) is 57.8 Å². The Balaban J connectivity index is 1.79. The van der Waals surface area contributed by atoms with Crippen LogP contribution in [0.1, 0.15) is 11.1 Å². The molecule has 0 spiro atoms. The largest absolute Gasteiger partial charge is 0.455 e. The third kappa shape index (κ3) is 6.17. The van der Waals surface area contributed by atoms with Crippen LogP contribution in [0.25, 0.3) is 0 Å². The van der Waals surface area contributed by atoms with E-state index in [4.69, 9.17) is 4.74 Å². The molecule has 2 aromatic carbocycles. The van der Waals surface area contributed by atoms with E-state index in [0.717, 1.165) is 20.5 Å². The van der Waals surface area contributed by atoms with Gasteiger partial charge in [-0.1, -0.05) is 22.0 Å². The van der Waals surface area contributed by atoms with Crippen LogP contribution >= 0.6 is 27.7 Å². The van der Waals surface area contributed by atoms with E-state index in [-0.39, 0.29) is 5.75 Å². The molecule has 4 nitrogen and oxygen atoms in total. The summed E-state index contributed by atoms with van der Waals surface area (Å²) in [5.41, 5.74) is 2.13. The third-order valence-corrected chi connectivity index (χ3v) is 4.96. The van der Waals surface area contributed by atoms with Gasteiger partial charge in [-0.3, -0.25) is 9.59 Å². The number of benzene rings is 2. The summed E-state index contributed by atoms with van der Waals surface area (Å²) in [6.45, 7) is 3.29. The van der Waals surface area contributed by atoms with Gasteiger partial charge in [0.2, 0.25) is 0 Å². The number of carbonyl (C=O) groups is 2. The lowest BCUT2D eigenvalue weighted by Crippen LogP contribution is -2.22. The summed E-state index contributed by atoms with van der Waals surface area (Å²) in [5, 5.41) is 2.53. The van der Waals surface area contributed by atoms with Crippen LogP contribution in [0.3, 0.4) is 0 Å². The van der Waals surface area contributed by atoms with Crippen LogP contribution in [0.5, 0.6) is 0 Å². The first kappa shape index (κ1) is 19.5. The number of halogens is 2. The Morgan fingerprint density at radius 2 is 1.92 bits per heavy atom. The summed E-state index contributed by atoms with van der Waals surface area (Å²) in [6.07, 6.45) is 0. The quantitative estimate of drug-likeness (QED) is 0.547. The number of thioether (sulfide) groups is 1. The first-order valence-electron chi connectivity index (χ1n) is 7.45. The Bertz CT molecular complexity index is 798. The molecule has 0 bridgehead atoms. The molecule has 7 heteroatoms. The van der Waals surface area contributed by atoms with Gasteiger partial charge in [0.05, 0.1) is 5.75 Å². The van der Waals surface area contributed by atoms with Gasteiger partial charge in [0.15, 0.2) is 6.61 Å². The molecule has 2 rings (SSSR count). The van der Waals surface area contributed by atoms with Crippen LogP contribution in [0.2, 0.25) is 0 Å². The monoisotopic (exact) mass is 425 g/mol. The molecule has 2 aromatic rings. The number of rotatable bonds is 6. The first-order chi connectivity index (χ1) is 11.8. The third-order valence-electron chi connectivity index (χ3n) is 3.32. The van der Waals surface area contributed by atoms with E-state index in [0.29, 0.717) is 5.69 Å². The number of amides is 1. The molecule has 0 aliphatic heterocycles. The fourth-order valence-electron chi connectivity index (χ4n) is 2.01. The number of anilines is 1. The Hall–Kier alpha value is -1.86. The van der Waals surface area contributed by atoms with E-state index >= 15 is 0 Å². The molecular formula is C18H17BrFNO3S. The summed E-state index contributed by atoms with van der Waals surface area (Å²) < 4.78 is 19.1. The molecule has 0 saturated heterocycles. The maximum atomic E-state index is 13.2. The lowest BCUT2D eigenvalue weighted by atomic mass is 10.2. The van der Waals surface area contributed by atoms with Crippen LogP contribution < -0.4 is 5.32 Å². The van der Waals surface area contributed by atoms with Gasteiger partial charge in [0, 0.05) is 15.1 Å². The maximum Gasteiger partial charge on any atom is 0.316 e. The molecule has 0 saturated carbocycles. The standard InChI is InChI=1S/C18H17BrFNO3S/c1-11-3-5-14(20)8-15(11)21-17(22)9-24-18(23)10-25-16-6-4-13(19)7-12(16)2/h3-8H,9-10H2,1-2H3,(H,21,22). The van der Waals surface area contributed by atoms with Crippen molar-refractivity contribution in [2.45, 2.75) is 18.7 Å². The molecule has 25 heavy (non-hydrogen) atoms. The van der Waals surface area contributed by atoms with E-state index in [2.05, 4.69) is 21.2 Å². The van der Waals surface area contributed by atoms with Crippen molar-refractivity contribution in [2.75, 3.05) is 17.7 Å².